The van der Waals surface area contributed by atoms with Gasteiger partial charge >= 0.3 is 5.97 Å². The second-order valence-electron chi connectivity index (χ2n) is 3.21. The van der Waals surface area contributed by atoms with Gasteiger partial charge in [0.1, 0.15) is 15.6 Å². The van der Waals surface area contributed by atoms with Gasteiger partial charge in [0.15, 0.2) is 0 Å². The Bertz CT molecular complexity index is 540. The zero-order chi connectivity index (χ0) is 12.4. The van der Waals surface area contributed by atoms with Crippen LogP contribution in [0, 0.1) is 0 Å². The molecule has 0 aliphatic rings. The lowest BCUT2D eigenvalue weighted by atomic mass is 10.2. The van der Waals surface area contributed by atoms with Crippen LogP contribution in [0.5, 0.6) is 0 Å². The summed E-state index contributed by atoms with van der Waals surface area (Å²) in [7, 11) is 0. The maximum atomic E-state index is 12.6. The van der Waals surface area contributed by atoms with Crippen LogP contribution in [0.3, 0.4) is 0 Å². The molecule has 0 fully saturated rings. The lowest BCUT2D eigenvalue weighted by Gasteiger charge is -1.94. The Morgan fingerprint density at radius 1 is 1.29 bits per heavy atom. The van der Waals surface area contributed by atoms with Crippen molar-refractivity contribution in [3.05, 3.63) is 40.9 Å². The van der Waals surface area contributed by atoms with Crippen molar-refractivity contribution in [2.75, 3.05) is 0 Å². The van der Waals surface area contributed by atoms with Gasteiger partial charge in [-0.1, -0.05) is 30.3 Å². The Kier molecular flexibility index (Phi) is 3.14. The first kappa shape index (κ1) is 11.7. The minimum atomic E-state index is -2.88. The molecule has 1 aromatic heterocycles. The Labute approximate surface area is 99.4 Å². The van der Waals surface area contributed by atoms with Gasteiger partial charge in [0, 0.05) is 5.56 Å². The van der Waals surface area contributed by atoms with E-state index in [1.54, 1.807) is 30.3 Å². The number of carboxylic acid groups (broad SMARTS) is 1. The zero-order valence-corrected chi connectivity index (χ0v) is 9.25. The van der Waals surface area contributed by atoms with Crippen LogP contribution in [0.4, 0.5) is 8.78 Å². The smallest absolute Gasteiger partial charge is 0.348 e. The van der Waals surface area contributed by atoms with E-state index in [-0.39, 0.29) is 0 Å². The number of aromatic carboxylic acids is 1. The third-order valence-corrected chi connectivity index (χ3v) is 3.18. The number of hydrogen-bond donors (Lipinski definition) is 1. The quantitative estimate of drug-likeness (QED) is 0.913. The molecular weight excluding hydrogens is 248 g/mol. The monoisotopic (exact) mass is 255 g/mol. The van der Waals surface area contributed by atoms with Crippen LogP contribution in [0.25, 0.3) is 10.6 Å². The van der Waals surface area contributed by atoms with Crippen molar-refractivity contribution >= 4 is 17.3 Å². The van der Waals surface area contributed by atoms with Crippen LogP contribution < -0.4 is 0 Å². The van der Waals surface area contributed by atoms with Crippen LogP contribution in [0.1, 0.15) is 21.8 Å². The van der Waals surface area contributed by atoms with Crippen molar-refractivity contribution in [3.8, 4) is 10.6 Å². The fraction of sp³-hybridized carbons (Fsp3) is 0.0909. The van der Waals surface area contributed by atoms with E-state index < -0.39 is 23.0 Å². The molecule has 0 spiro atoms. The van der Waals surface area contributed by atoms with Gasteiger partial charge in [0.2, 0.25) is 0 Å². The van der Waals surface area contributed by atoms with Crippen LogP contribution in [0.2, 0.25) is 0 Å². The third kappa shape index (κ3) is 2.31. The normalized spacial score (nSPS) is 10.8. The molecule has 2 aromatic rings. The number of thiazole rings is 1. The highest BCUT2D eigenvalue weighted by molar-refractivity contribution is 7.17. The Balaban J connectivity index is 2.51. The minimum Gasteiger partial charge on any atom is -0.477 e. The number of hydrogen-bond acceptors (Lipinski definition) is 3. The number of aromatic nitrogens is 1. The fourth-order valence-electron chi connectivity index (χ4n) is 1.34. The van der Waals surface area contributed by atoms with E-state index in [2.05, 4.69) is 4.98 Å². The molecule has 1 N–H and O–H groups in total. The molecule has 0 amide bonds. The molecule has 0 aliphatic heterocycles. The van der Waals surface area contributed by atoms with E-state index >= 15 is 0 Å². The maximum absolute atomic E-state index is 12.6. The summed E-state index contributed by atoms with van der Waals surface area (Å²) in [5.41, 5.74) is -0.0340. The number of benzene rings is 1. The zero-order valence-electron chi connectivity index (χ0n) is 8.43. The first-order valence-corrected chi connectivity index (χ1v) is 5.49. The molecular formula is C11H7F2NO2S. The van der Waals surface area contributed by atoms with E-state index in [0.29, 0.717) is 10.6 Å². The van der Waals surface area contributed by atoms with Crippen LogP contribution >= 0.6 is 11.3 Å². The number of carboxylic acids is 1. The Morgan fingerprint density at radius 3 is 2.41 bits per heavy atom. The van der Waals surface area contributed by atoms with Crippen molar-refractivity contribution in [2.45, 2.75) is 6.43 Å². The van der Waals surface area contributed by atoms with Gasteiger partial charge in [-0.05, 0) is 0 Å². The summed E-state index contributed by atoms with van der Waals surface area (Å²) >= 11 is 0.758. The van der Waals surface area contributed by atoms with Crippen molar-refractivity contribution in [1.82, 2.24) is 4.98 Å². The molecule has 0 saturated carbocycles. The summed E-state index contributed by atoms with van der Waals surface area (Å²) in [4.78, 5) is 14.1. The predicted molar refractivity (Wildman–Crippen MR) is 59.5 cm³/mol. The summed E-state index contributed by atoms with van der Waals surface area (Å²) in [5, 5.41) is 9.10. The maximum Gasteiger partial charge on any atom is 0.348 e. The van der Waals surface area contributed by atoms with Gasteiger partial charge in [0.05, 0.1) is 0 Å². The largest absolute Gasteiger partial charge is 0.477 e. The van der Waals surface area contributed by atoms with E-state index in [1.807, 2.05) is 0 Å². The van der Waals surface area contributed by atoms with Crippen LogP contribution in [-0.2, 0) is 0 Å². The molecule has 3 nitrogen and oxygen atoms in total. The Morgan fingerprint density at radius 2 is 1.94 bits per heavy atom. The molecule has 17 heavy (non-hydrogen) atoms. The fourth-order valence-corrected chi connectivity index (χ4v) is 2.26. The van der Waals surface area contributed by atoms with Crippen molar-refractivity contribution in [2.24, 2.45) is 0 Å². The molecule has 1 aromatic carbocycles. The second kappa shape index (κ2) is 4.58. The van der Waals surface area contributed by atoms with Gasteiger partial charge in [0.25, 0.3) is 6.43 Å². The number of alkyl halides is 2. The van der Waals surface area contributed by atoms with Crippen molar-refractivity contribution in [1.29, 1.82) is 0 Å². The Hall–Kier alpha value is -1.82. The molecule has 2 rings (SSSR count). The molecule has 0 bridgehead atoms. The average molecular weight is 255 g/mol. The average Bonchev–Trinajstić information content (AvgIpc) is 2.75. The molecule has 0 aliphatic carbocycles. The summed E-state index contributed by atoms with van der Waals surface area (Å²) in [6.07, 6.45) is -2.88. The first-order chi connectivity index (χ1) is 8.09. The van der Waals surface area contributed by atoms with Crippen LogP contribution in [-0.4, -0.2) is 16.1 Å². The highest BCUT2D eigenvalue weighted by Crippen LogP contribution is 2.32. The molecule has 1 heterocycles. The van der Waals surface area contributed by atoms with Gasteiger partial charge in [-0.3, -0.25) is 0 Å². The van der Waals surface area contributed by atoms with Gasteiger partial charge in [-0.25, -0.2) is 18.6 Å². The number of rotatable bonds is 3. The molecule has 0 atom stereocenters. The van der Waals surface area contributed by atoms with Crippen molar-refractivity contribution < 1.29 is 18.7 Å². The minimum absolute atomic E-state index is 0.290. The molecule has 0 saturated heterocycles. The molecule has 6 heteroatoms. The summed E-state index contributed by atoms with van der Waals surface area (Å²) in [6, 6.07) is 8.64. The van der Waals surface area contributed by atoms with Gasteiger partial charge in [-0.15, -0.1) is 11.3 Å². The third-order valence-electron chi connectivity index (χ3n) is 2.08. The number of halogens is 2. The summed E-state index contributed by atoms with van der Waals surface area (Å²) < 4.78 is 25.2. The van der Waals surface area contributed by atoms with Gasteiger partial charge in [-0.2, -0.15) is 0 Å². The van der Waals surface area contributed by atoms with E-state index in [4.69, 9.17) is 5.11 Å². The molecule has 88 valence electrons. The number of carbonyl (C=O) groups is 1. The van der Waals surface area contributed by atoms with E-state index in [0.717, 1.165) is 11.3 Å². The second-order valence-corrected chi connectivity index (χ2v) is 4.20. The standard InChI is InChI=1S/C11H7F2NO2S/c12-9(13)7-8(11(15)16)17-10(14-7)6-4-2-1-3-5-6/h1-5,9H,(H,15,16). The lowest BCUT2D eigenvalue weighted by molar-refractivity contribution is 0.0689. The van der Waals surface area contributed by atoms with E-state index in [1.165, 1.54) is 0 Å². The summed E-state index contributed by atoms with van der Waals surface area (Å²) in [5.74, 6) is -1.38. The molecule has 0 unspecified atom stereocenters. The SMILES string of the molecule is O=C(O)c1sc(-c2ccccc2)nc1C(F)F. The molecule has 0 radical (unpaired) electrons. The van der Waals surface area contributed by atoms with E-state index in [9.17, 15) is 13.6 Å². The highest BCUT2D eigenvalue weighted by atomic mass is 32.1. The van der Waals surface area contributed by atoms with Crippen LogP contribution in [0.15, 0.2) is 30.3 Å². The number of nitrogens with zero attached hydrogens (tertiary/aromatic N) is 1. The lowest BCUT2D eigenvalue weighted by Crippen LogP contribution is -1.98. The van der Waals surface area contributed by atoms with Crippen molar-refractivity contribution in [3.63, 3.8) is 0 Å². The first-order valence-electron chi connectivity index (χ1n) is 4.67. The summed E-state index contributed by atoms with van der Waals surface area (Å²) in [6.45, 7) is 0. The van der Waals surface area contributed by atoms with Gasteiger partial charge < -0.3 is 5.11 Å². The highest BCUT2D eigenvalue weighted by Gasteiger charge is 2.24. The predicted octanol–water partition coefficient (Wildman–Crippen LogP) is 3.45. The topological polar surface area (TPSA) is 50.2 Å².